The first-order chi connectivity index (χ1) is 12.0. The topological polar surface area (TPSA) is 47.1 Å². The third-order valence-electron chi connectivity index (χ3n) is 5.24. The van der Waals surface area contributed by atoms with Gasteiger partial charge in [-0.2, -0.15) is 0 Å². The zero-order valence-corrected chi connectivity index (χ0v) is 15.4. The van der Waals surface area contributed by atoms with Crippen LogP contribution in [0.1, 0.15) is 23.2 Å². The lowest BCUT2D eigenvalue weighted by Gasteiger charge is -2.35. The lowest BCUT2D eigenvalue weighted by Crippen LogP contribution is -2.53. The van der Waals surface area contributed by atoms with E-state index in [9.17, 15) is 9.59 Å². The van der Waals surface area contributed by atoms with Gasteiger partial charge in [-0.05, 0) is 44.2 Å². The highest BCUT2D eigenvalue weighted by atomic mass is 16.2. The van der Waals surface area contributed by atoms with Crippen LogP contribution in [0.2, 0.25) is 0 Å². The Hall–Kier alpha value is -2.08. The summed E-state index contributed by atoms with van der Waals surface area (Å²) in [4.78, 5) is 33.7. The fraction of sp³-hybridized carbons (Fsp3) is 0.579. The second-order valence-electron chi connectivity index (χ2n) is 7.23. The molecule has 0 N–H and O–H groups in total. The zero-order chi connectivity index (χ0) is 18.0. The van der Waals surface area contributed by atoms with Crippen molar-refractivity contribution in [3.63, 3.8) is 0 Å². The second kappa shape index (κ2) is 7.44. The predicted molar refractivity (Wildman–Crippen MR) is 98.9 cm³/mol. The van der Waals surface area contributed by atoms with Gasteiger partial charge in [-0.1, -0.05) is 0 Å². The van der Waals surface area contributed by atoms with Crippen molar-refractivity contribution in [2.45, 2.75) is 18.9 Å². The van der Waals surface area contributed by atoms with Gasteiger partial charge in [-0.15, -0.1) is 0 Å². The van der Waals surface area contributed by atoms with E-state index in [1.807, 2.05) is 48.2 Å². The number of nitrogens with zero attached hydrogens (tertiary/aromatic N) is 4. The van der Waals surface area contributed by atoms with Crippen molar-refractivity contribution < 1.29 is 9.59 Å². The van der Waals surface area contributed by atoms with Crippen molar-refractivity contribution in [1.29, 1.82) is 0 Å². The summed E-state index contributed by atoms with van der Waals surface area (Å²) in [6.07, 6.45) is 1.67. The largest absolute Gasteiger partial charge is 0.378 e. The summed E-state index contributed by atoms with van der Waals surface area (Å²) < 4.78 is 0. The number of carbonyl (C=O) groups is 2. The van der Waals surface area contributed by atoms with Gasteiger partial charge in [0.25, 0.3) is 5.91 Å². The molecule has 0 aliphatic carbocycles. The van der Waals surface area contributed by atoms with Crippen molar-refractivity contribution in [2.75, 3.05) is 58.8 Å². The van der Waals surface area contributed by atoms with Crippen molar-refractivity contribution in [1.82, 2.24) is 14.7 Å². The van der Waals surface area contributed by atoms with E-state index >= 15 is 0 Å². The Morgan fingerprint density at radius 3 is 2.24 bits per heavy atom. The van der Waals surface area contributed by atoms with Gasteiger partial charge in [0.2, 0.25) is 5.91 Å². The van der Waals surface area contributed by atoms with Crippen LogP contribution in [-0.4, -0.2) is 86.4 Å². The minimum atomic E-state index is -0.301. The number of piperazine rings is 1. The molecule has 0 spiro atoms. The minimum Gasteiger partial charge on any atom is -0.378 e. The molecule has 0 aromatic heterocycles. The van der Waals surface area contributed by atoms with Crippen molar-refractivity contribution in [2.24, 2.45) is 0 Å². The van der Waals surface area contributed by atoms with Gasteiger partial charge in [-0.25, -0.2) is 0 Å². The second-order valence-corrected chi connectivity index (χ2v) is 7.23. The number of hydrogen-bond acceptors (Lipinski definition) is 4. The number of benzene rings is 1. The molecule has 2 aliphatic rings. The molecule has 2 saturated heterocycles. The quantitative estimate of drug-likeness (QED) is 0.825. The van der Waals surface area contributed by atoms with E-state index in [1.54, 1.807) is 4.90 Å². The number of hydrogen-bond donors (Lipinski definition) is 0. The monoisotopic (exact) mass is 344 g/mol. The van der Waals surface area contributed by atoms with Gasteiger partial charge in [-0.3, -0.25) is 9.59 Å². The summed E-state index contributed by atoms with van der Waals surface area (Å²) >= 11 is 0. The van der Waals surface area contributed by atoms with Crippen molar-refractivity contribution in [3.05, 3.63) is 29.8 Å². The molecule has 1 aromatic carbocycles. The Bertz CT molecular complexity index is 621. The maximum absolute atomic E-state index is 12.9. The Kier molecular flexibility index (Phi) is 5.27. The lowest BCUT2D eigenvalue weighted by molar-refractivity contribution is -0.136. The van der Waals surface area contributed by atoms with E-state index in [0.717, 1.165) is 44.7 Å². The highest BCUT2D eigenvalue weighted by Gasteiger charge is 2.37. The molecule has 6 nitrogen and oxygen atoms in total. The Morgan fingerprint density at radius 1 is 1.00 bits per heavy atom. The fourth-order valence-corrected chi connectivity index (χ4v) is 3.57. The van der Waals surface area contributed by atoms with E-state index in [1.165, 1.54) is 0 Å². The predicted octanol–water partition coefficient (Wildman–Crippen LogP) is 1.13. The number of likely N-dealkylation sites (N-methyl/N-ethyl adjacent to an activating group) is 1. The summed E-state index contributed by atoms with van der Waals surface area (Å²) in [6, 6.07) is 7.30. The van der Waals surface area contributed by atoms with Crippen LogP contribution in [0.5, 0.6) is 0 Å². The first-order valence-electron chi connectivity index (χ1n) is 9.03. The molecule has 0 unspecified atom stereocenters. The normalized spacial score (nSPS) is 21.5. The van der Waals surface area contributed by atoms with Crippen molar-refractivity contribution >= 4 is 17.5 Å². The van der Waals surface area contributed by atoms with Crippen LogP contribution in [0, 0.1) is 0 Å². The molecule has 0 radical (unpaired) electrons. The zero-order valence-electron chi connectivity index (χ0n) is 15.4. The molecule has 25 heavy (non-hydrogen) atoms. The molecule has 2 heterocycles. The molecule has 2 aliphatic heterocycles. The highest BCUT2D eigenvalue weighted by Crippen LogP contribution is 2.23. The van der Waals surface area contributed by atoms with Crippen molar-refractivity contribution in [3.8, 4) is 0 Å². The Labute approximate surface area is 150 Å². The number of anilines is 1. The van der Waals surface area contributed by atoms with Crippen LogP contribution in [-0.2, 0) is 4.79 Å². The molecule has 2 fully saturated rings. The maximum atomic E-state index is 12.9. The first kappa shape index (κ1) is 17.7. The number of carbonyl (C=O) groups excluding carboxylic acids is 2. The molecule has 0 bridgehead atoms. The summed E-state index contributed by atoms with van der Waals surface area (Å²) in [5, 5.41) is 0. The van der Waals surface area contributed by atoms with Crippen LogP contribution in [0.15, 0.2) is 24.3 Å². The molecular formula is C19H28N4O2. The van der Waals surface area contributed by atoms with Crippen LogP contribution < -0.4 is 4.90 Å². The van der Waals surface area contributed by atoms with E-state index < -0.39 is 0 Å². The van der Waals surface area contributed by atoms with Crippen LogP contribution >= 0.6 is 0 Å². The van der Waals surface area contributed by atoms with E-state index in [-0.39, 0.29) is 17.9 Å². The van der Waals surface area contributed by atoms with E-state index in [2.05, 4.69) is 11.9 Å². The first-order valence-corrected chi connectivity index (χ1v) is 9.03. The standard InChI is InChI=1S/C19H28N4O2/c1-20(2)16-8-6-15(7-9-16)18(24)23-10-4-5-17(23)19(25)22-13-11-21(3)12-14-22/h6-9,17H,4-5,10-14H2,1-3H3/t17-/m1/s1. The van der Waals surface area contributed by atoms with E-state index in [4.69, 9.17) is 0 Å². The molecule has 6 heteroatoms. The molecule has 3 rings (SSSR count). The minimum absolute atomic E-state index is 0.0321. The number of rotatable bonds is 3. The highest BCUT2D eigenvalue weighted by molar-refractivity contribution is 5.98. The molecular weight excluding hydrogens is 316 g/mol. The smallest absolute Gasteiger partial charge is 0.254 e. The number of likely N-dealkylation sites (tertiary alicyclic amines) is 1. The van der Waals surface area contributed by atoms with Gasteiger partial charge in [0.05, 0.1) is 0 Å². The summed E-state index contributed by atoms with van der Waals surface area (Å²) in [5.74, 6) is 0.0825. The maximum Gasteiger partial charge on any atom is 0.254 e. The van der Waals surface area contributed by atoms with Gasteiger partial charge >= 0.3 is 0 Å². The Morgan fingerprint density at radius 2 is 1.64 bits per heavy atom. The average Bonchev–Trinajstić information content (AvgIpc) is 3.11. The molecule has 1 atom stereocenters. The third-order valence-corrected chi connectivity index (χ3v) is 5.24. The SMILES string of the molecule is CN1CCN(C(=O)[C@H]2CCCN2C(=O)c2ccc(N(C)C)cc2)CC1. The van der Waals surface area contributed by atoms with Crippen LogP contribution in [0.3, 0.4) is 0 Å². The van der Waals surface area contributed by atoms with Crippen LogP contribution in [0.25, 0.3) is 0 Å². The van der Waals surface area contributed by atoms with Crippen LogP contribution in [0.4, 0.5) is 5.69 Å². The molecule has 1 aromatic rings. The lowest BCUT2D eigenvalue weighted by atomic mass is 10.1. The van der Waals surface area contributed by atoms with E-state index in [0.29, 0.717) is 12.1 Å². The average molecular weight is 344 g/mol. The molecule has 0 saturated carbocycles. The summed E-state index contributed by atoms with van der Waals surface area (Å²) in [5.41, 5.74) is 1.71. The van der Waals surface area contributed by atoms with Gasteiger partial charge in [0.1, 0.15) is 6.04 Å². The number of amides is 2. The third kappa shape index (κ3) is 3.79. The Balaban J connectivity index is 1.70. The van der Waals surface area contributed by atoms with Gasteiger partial charge in [0, 0.05) is 58.1 Å². The molecule has 136 valence electrons. The molecule has 2 amide bonds. The summed E-state index contributed by atoms with van der Waals surface area (Å²) in [7, 11) is 6.02. The van der Waals surface area contributed by atoms with Gasteiger partial charge in [0.15, 0.2) is 0 Å². The fourth-order valence-electron chi connectivity index (χ4n) is 3.57. The van der Waals surface area contributed by atoms with Gasteiger partial charge < -0.3 is 19.6 Å². The summed E-state index contributed by atoms with van der Waals surface area (Å²) in [6.45, 7) is 3.98.